The maximum absolute atomic E-state index is 11.4. The fourth-order valence-electron chi connectivity index (χ4n) is 1.50. The SMILES string of the molecule is O=C1CCc2c(I)ccc(Br)c21. The molecule has 1 nitrogen and oxygen atoms in total. The van der Waals surface area contributed by atoms with Gasteiger partial charge in [-0.25, -0.2) is 0 Å². The lowest BCUT2D eigenvalue weighted by molar-refractivity contribution is 0.0994. The molecule has 0 amide bonds. The molecule has 3 heteroatoms. The van der Waals surface area contributed by atoms with E-state index in [1.54, 1.807) is 0 Å². The molecule has 0 heterocycles. The van der Waals surface area contributed by atoms with Crippen molar-refractivity contribution in [3.05, 3.63) is 31.3 Å². The van der Waals surface area contributed by atoms with E-state index in [2.05, 4.69) is 38.5 Å². The van der Waals surface area contributed by atoms with E-state index in [9.17, 15) is 4.79 Å². The van der Waals surface area contributed by atoms with Crippen LogP contribution in [0.5, 0.6) is 0 Å². The van der Waals surface area contributed by atoms with Crippen LogP contribution in [-0.2, 0) is 6.42 Å². The molecular formula is C9H6BrIO. The summed E-state index contributed by atoms with van der Waals surface area (Å²) in [6.07, 6.45) is 1.58. The average Bonchev–Trinajstić information content (AvgIpc) is 2.42. The van der Waals surface area contributed by atoms with Gasteiger partial charge in [-0.2, -0.15) is 0 Å². The van der Waals surface area contributed by atoms with E-state index >= 15 is 0 Å². The molecule has 2 rings (SSSR count). The highest BCUT2D eigenvalue weighted by Gasteiger charge is 2.23. The number of fused-ring (bicyclic) bond motifs is 1. The molecule has 1 aromatic carbocycles. The second-order valence-electron chi connectivity index (χ2n) is 2.81. The minimum Gasteiger partial charge on any atom is -0.294 e. The van der Waals surface area contributed by atoms with Gasteiger partial charge in [-0.05, 0) is 46.7 Å². The molecule has 0 bridgehead atoms. The number of carbonyl (C=O) groups is 1. The normalized spacial score (nSPS) is 15.0. The van der Waals surface area contributed by atoms with Crippen LogP contribution in [0.1, 0.15) is 22.3 Å². The molecule has 1 aliphatic carbocycles. The predicted molar refractivity (Wildman–Crippen MR) is 59.5 cm³/mol. The van der Waals surface area contributed by atoms with E-state index < -0.39 is 0 Å². The van der Waals surface area contributed by atoms with Gasteiger partial charge in [-0.3, -0.25) is 4.79 Å². The van der Waals surface area contributed by atoms with E-state index in [1.165, 1.54) is 9.13 Å². The van der Waals surface area contributed by atoms with Crippen molar-refractivity contribution in [1.82, 2.24) is 0 Å². The number of rotatable bonds is 0. The van der Waals surface area contributed by atoms with Gasteiger partial charge in [0.15, 0.2) is 5.78 Å². The maximum Gasteiger partial charge on any atom is 0.164 e. The summed E-state index contributed by atoms with van der Waals surface area (Å²) in [5.74, 6) is 0.274. The Bertz CT molecular complexity index is 360. The summed E-state index contributed by atoms with van der Waals surface area (Å²) in [5.41, 5.74) is 2.12. The van der Waals surface area contributed by atoms with E-state index in [1.807, 2.05) is 12.1 Å². The number of benzene rings is 1. The zero-order valence-electron chi connectivity index (χ0n) is 6.23. The summed E-state index contributed by atoms with van der Waals surface area (Å²) >= 11 is 5.68. The van der Waals surface area contributed by atoms with E-state index in [0.717, 1.165) is 16.5 Å². The van der Waals surface area contributed by atoms with Gasteiger partial charge in [0.25, 0.3) is 0 Å². The van der Waals surface area contributed by atoms with Gasteiger partial charge in [0.2, 0.25) is 0 Å². The third-order valence-corrected chi connectivity index (χ3v) is 3.76. The zero-order valence-corrected chi connectivity index (χ0v) is 9.98. The van der Waals surface area contributed by atoms with Crippen molar-refractivity contribution >= 4 is 44.3 Å². The molecule has 1 aliphatic rings. The Balaban J connectivity index is 2.72. The second kappa shape index (κ2) is 3.10. The molecule has 0 fully saturated rings. The summed E-state index contributed by atoms with van der Waals surface area (Å²) < 4.78 is 2.15. The first-order valence-electron chi connectivity index (χ1n) is 3.70. The molecule has 0 saturated carbocycles. The monoisotopic (exact) mass is 336 g/mol. The van der Waals surface area contributed by atoms with Gasteiger partial charge in [0.1, 0.15) is 0 Å². The van der Waals surface area contributed by atoms with Crippen LogP contribution in [-0.4, -0.2) is 5.78 Å². The summed E-state index contributed by atoms with van der Waals surface area (Å²) in [4.78, 5) is 11.4. The zero-order chi connectivity index (χ0) is 8.72. The largest absolute Gasteiger partial charge is 0.294 e. The molecule has 12 heavy (non-hydrogen) atoms. The highest BCUT2D eigenvalue weighted by Crippen LogP contribution is 2.32. The summed E-state index contributed by atoms with van der Waals surface area (Å²) in [6, 6.07) is 3.99. The molecule has 1 aromatic rings. The van der Waals surface area contributed by atoms with Crippen LogP contribution in [0.15, 0.2) is 16.6 Å². The summed E-state index contributed by atoms with van der Waals surface area (Å²) in [6.45, 7) is 0. The van der Waals surface area contributed by atoms with Gasteiger partial charge in [-0.1, -0.05) is 15.9 Å². The average molecular weight is 337 g/mol. The second-order valence-corrected chi connectivity index (χ2v) is 4.82. The number of hydrogen-bond donors (Lipinski definition) is 0. The van der Waals surface area contributed by atoms with Gasteiger partial charge in [0, 0.05) is 20.0 Å². The lowest BCUT2D eigenvalue weighted by atomic mass is 10.1. The van der Waals surface area contributed by atoms with E-state index in [4.69, 9.17) is 0 Å². The Morgan fingerprint density at radius 1 is 1.33 bits per heavy atom. The van der Waals surface area contributed by atoms with Crippen molar-refractivity contribution in [3.8, 4) is 0 Å². The third kappa shape index (κ3) is 1.23. The smallest absolute Gasteiger partial charge is 0.164 e. The van der Waals surface area contributed by atoms with Crippen LogP contribution in [0, 0.1) is 3.57 Å². The van der Waals surface area contributed by atoms with Crippen molar-refractivity contribution in [1.29, 1.82) is 0 Å². The van der Waals surface area contributed by atoms with Crippen LogP contribution < -0.4 is 0 Å². The molecule has 62 valence electrons. The van der Waals surface area contributed by atoms with Gasteiger partial charge < -0.3 is 0 Å². The van der Waals surface area contributed by atoms with Crippen molar-refractivity contribution in [2.45, 2.75) is 12.8 Å². The predicted octanol–water partition coefficient (Wildman–Crippen LogP) is 3.18. The third-order valence-electron chi connectivity index (χ3n) is 2.09. The van der Waals surface area contributed by atoms with Crippen molar-refractivity contribution in [2.75, 3.05) is 0 Å². The molecular weight excluding hydrogens is 331 g/mol. The van der Waals surface area contributed by atoms with Crippen LogP contribution >= 0.6 is 38.5 Å². The van der Waals surface area contributed by atoms with Gasteiger partial charge in [0.05, 0.1) is 0 Å². The van der Waals surface area contributed by atoms with Gasteiger partial charge in [-0.15, -0.1) is 0 Å². The molecule has 0 unspecified atom stereocenters. The first-order chi connectivity index (χ1) is 5.70. The van der Waals surface area contributed by atoms with Crippen LogP contribution in [0.25, 0.3) is 0 Å². The van der Waals surface area contributed by atoms with Crippen LogP contribution in [0.3, 0.4) is 0 Å². The molecule has 0 atom stereocenters. The topological polar surface area (TPSA) is 17.1 Å². The van der Waals surface area contributed by atoms with E-state index in [0.29, 0.717) is 6.42 Å². The number of Topliss-reactive ketones (excluding diaryl/α,β-unsaturated/α-hetero) is 1. The Labute approximate surface area is 92.8 Å². The van der Waals surface area contributed by atoms with Crippen molar-refractivity contribution in [2.24, 2.45) is 0 Å². The molecule has 0 aliphatic heterocycles. The van der Waals surface area contributed by atoms with Crippen molar-refractivity contribution in [3.63, 3.8) is 0 Å². The molecule has 0 aromatic heterocycles. The lowest BCUT2D eigenvalue weighted by Gasteiger charge is -2.02. The minimum atomic E-state index is 0.274. The highest BCUT2D eigenvalue weighted by atomic mass is 127. The Kier molecular flexibility index (Phi) is 2.25. The van der Waals surface area contributed by atoms with Gasteiger partial charge >= 0.3 is 0 Å². The first-order valence-corrected chi connectivity index (χ1v) is 5.57. The molecule has 0 saturated heterocycles. The number of carbonyl (C=O) groups excluding carboxylic acids is 1. The Morgan fingerprint density at radius 3 is 2.75 bits per heavy atom. The fourth-order valence-corrected chi connectivity index (χ4v) is 2.82. The standard InChI is InChI=1S/C9H6BrIO/c10-6-2-3-7(11)5-1-4-8(12)9(5)6/h2-3H,1,4H2. The van der Waals surface area contributed by atoms with Crippen molar-refractivity contribution < 1.29 is 4.79 Å². The molecule has 0 radical (unpaired) electrons. The summed E-state index contributed by atoms with van der Waals surface area (Å²) in [7, 11) is 0. The molecule has 0 spiro atoms. The Hall–Kier alpha value is 0.1000. The number of halogens is 2. The van der Waals surface area contributed by atoms with E-state index in [-0.39, 0.29) is 5.78 Å². The minimum absolute atomic E-state index is 0.274. The Morgan fingerprint density at radius 2 is 2.08 bits per heavy atom. The fraction of sp³-hybridized carbons (Fsp3) is 0.222. The maximum atomic E-state index is 11.4. The quantitative estimate of drug-likeness (QED) is 0.665. The van der Waals surface area contributed by atoms with Crippen LogP contribution in [0.4, 0.5) is 0 Å². The highest BCUT2D eigenvalue weighted by molar-refractivity contribution is 14.1. The first kappa shape index (κ1) is 8.69. The van der Waals surface area contributed by atoms with Crippen LogP contribution in [0.2, 0.25) is 0 Å². The lowest BCUT2D eigenvalue weighted by Crippen LogP contribution is -1.93. The number of hydrogen-bond acceptors (Lipinski definition) is 1. The summed E-state index contributed by atoms with van der Waals surface area (Å²) in [5, 5.41) is 0. The molecule has 0 N–H and O–H groups in total. The number of ketones is 1.